The highest BCUT2D eigenvalue weighted by Gasteiger charge is 2.26. The lowest BCUT2D eigenvalue weighted by Gasteiger charge is -2.21. The number of ether oxygens (including phenoxy) is 1. The number of carbonyl (C=O) groups is 1. The molecule has 0 aliphatic rings. The normalized spacial score (nSPS) is 11.7. The lowest BCUT2D eigenvalue weighted by molar-refractivity contribution is 0.0699. The van der Waals surface area contributed by atoms with Crippen molar-refractivity contribution in [2.24, 2.45) is 5.73 Å². The molecule has 0 saturated carbocycles. The van der Waals surface area contributed by atoms with Crippen molar-refractivity contribution in [2.45, 2.75) is 19.4 Å². The number of furan rings is 1. The Balaban J connectivity index is 2.34. The Kier molecular flexibility index (Phi) is 4.00. The van der Waals surface area contributed by atoms with Crippen LogP contribution in [0.5, 0.6) is 5.75 Å². The molecule has 130 valence electrons. The van der Waals surface area contributed by atoms with Crippen LogP contribution in [-0.4, -0.2) is 18.2 Å². The second kappa shape index (κ2) is 5.89. The molecule has 1 heterocycles. The number of benzene rings is 2. The van der Waals surface area contributed by atoms with E-state index in [-0.39, 0.29) is 11.3 Å². The fourth-order valence-corrected chi connectivity index (χ4v) is 2.81. The van der Waals surface area contributed by atoms with Crippen molar-refractivity contribution >= 4 is 16.9 Å². The minimum Gasteiger partial charge on any atom is -0.496 e. The summed E-state index contributed by atoms with van der Waals surface area (Å²) < 4.78 is 24.4. The fourth-order valence-electron chi connectivity index (χ4n) is 2.81. The van der Waals surface area contributed by atoms with Gasteiger partial charge in [-0.15, -0.1) is 0 Å². The number of nitrogens with two attached hydrogens (primary N) is 1. The molecular weight excluding hydrogens is 325 g/mol. The number of halogens is 1. The number of rotatable bonds is 4. The van der Waals surface area contributed by atoms with Gasteiger partial charge in [-0.25, -0.2) is 9.18 Å². The Hall–Kier alpha value is -2.86. The first-order chi connectivity index (χ1) is 11.7. The van der Waals surface area contributed by atoms with E-state index in [0.29, 0.717) is 27.8 Å². The first-order valence-corrected chi connectivity index (χ1v) is 7.65. The van der Waals surface area contributed by atoms with Gasteiger partial charge in [0.2, 0.25) is 0 Å². The Morgan fingerprint density at radius 2 is 1.88 bits per heavy atom. The molecule has 0 radical (unpaired) electrons. The van der Waals surface area contributed by atoms with Crippen LogP contribution < -0.4 is 10.5 Å². The van der Waals surface area contributed by atoms with Gasteiger partial charge in [-0.1, -0.05) is 0 Å². The monoisotopic (exact) mass is 343 g/mol. The summed E-state index contributed by atoms with van der Waals surface area (Å²) >= 11 is 0. The summed E-state index contributed by atoms with van der Waals surface area (Å²) in [4.78, 5) is 11.8. The van der Waals surface area contributed by atoms with Crippen LogP contribution in [0.15, 0.2) is 40.8 Å². The van der Waals surface area contributed by atoms with Crippen LogP contribution in [0.2, 0.25) is 0 Å². The number of fused-ring (bicyclic) bond motifs is 1. The Morgan fingerprint density at radius 3 is 2.40 bits per heavy atom. The smallest absolute Gasteiger partial charge is 0.340 e. The summed E-state index contributed by atoms with van der Waals surface area (Å²) in [6.45, 7) is 3.64. The molecule has 3 rings (SSSR count). The average Bonchev–Trinajstić information content (AvgIpc) is 2.92. The quantitative estimate of drug-likeness (QED) is 0.743. The van der Waals surface area contributed by atoms with Crippen LogP contribution in [0, 0.1) is 5.82 Å². The zero-order valence-electron chi connectivity index (χ0n) is 14.1. The van der Waals surface area contributed by atoms with Crippen LogP contribution in [0.4, 0.5) is 4.39 Å². The summed E-state index contributed by atoms with van der Waals surface area (Å²) in [6.07, 6.45) is 0. The van der Waals surface area contributed by atoms with E-state index in [1.165, 1.54) is 31.4 Å². The van der Waals surface area contributed by atoms with E-state index in [2.05, 4.69) is 0 Å². The highest BCUT2D eigenvalue weighted by Crippen LogP contribution is 2.39. The van der Waals surface area contributed by atoms with Gasteiger partial charge in [-0.3, -0.25) is 0 Å². The maximum atomic E-state index is 13.2. The second-order valence-corrected chi connectivity index (χ2v) is 6.39. The average molecular weight is 343 g/mol. The molecule has 25 heavy (non-hydrogen) atoms. The number of hydrogen-bond acceptors (Lipinski definition) is 4. The van der Waals surface area contributed by atoms with Crippen LogP contribution in [0.1, 0.15) is 29.8 Å². The van der Waals surface area contributed by atoms with Crippen LogP contribution in [-0.2, 0) is 5.54 Å². The molecule has 0 atom stereocenters. The van der Waals surface area contributed by atoms with Crippen molar-refractivity contribution < 1.29 is 23.4 Å². The molecule has 5 nitrogen and oxygen atoms in total. The van der Waals surface area contributed by atoms with Gasteiger partial charge in [0.1, 0.15) is 28.5 Å². The zero-order chi connectivity index (χ0) is 18.4. The van der Waals surface area contributed by atoms with Gasteiger partial charge in [0.15, 0.2) is 0 Å². The van der Waals surface area contributed by atoms with E-state index >= 15 is 0 Å². The molecule has 0 saturated heterocycles. The highest BCUT2D eigenvalue weighted by molar-refractivity contribution is 6.08. The number of methoxy groups -OCH3 is 1. The van der Waals surface area contributed by atoms with E-state index in [4.69, 9.17) is 14.9 Å². The predicted molar refractivity (Wildman–Crippen MR) is 92.3 cm³/mol. The van der Waals surface area contributed by atoms with Crippen molar-refractivity contribution in [3.8, 4) is 17.1 Å². The van der Waals surface area contributed by atoms with Crippen molar-refractivity contribution in [3.63, 3.8) is 0 Å². The maximum Gasteiger partial charge on any atom is 0.340 e. The lowest BCUT2D eigenvalue weighted by atomic mass is 9.93. The zero-order valence-corrected chi connectivity index (χ0v) is 14.1. The molecule has 0 fully saturated rings. The van der Waals surface area contributed by atoms with E-state index in [0.717, 1.165) is 0 Å². The molecule has 0 aliphatic carbocycles. The first kappa shape index (κ1) is 17.0. The van der Waals surface area contributed by atoms with E-state index in [9.17, 15) is 14.3 Å². The molecule has 0 aliphatic heterocycles. The van der Waals surface area contributed by atoms with Gasteiger partial charge in [-0.05, 0) is 50.2 Å². The van der Waals surface area contributed by atoms with Gasteiger partial charge in [0, 0.05) is 22.1 Å². The third-order valence-electron chi connectivity index (χ3n) is 4.02. The number of hydrogen-bond donors (Lipinski definition) is 2. The van der Waals surface area contributed by atoms with Crippen molar-refractivity contribution in [2.75, 3.05) is 7.11 Å². The molecule has 6 heteroatoms. The first-order valence-electron chi connectivity index (χ1n) is 7.65. The van der Waals surface area contributed by atoms with E-state index in [1.54, 1.807) is 12.1 Å². The predicted octanol–water partition coefficient (Wildman–Crippen LogP) is 4.14. The summed E-state index contributed by atoms with van der Waals surface area (Å²) in [7, 11) is 1.50. The highest BCUT2D eigenvalue weighted by atomic mass is 19.1. The molecule has 2 aromatic carbocycles. The molecule has 0 amide bonds. The molecule has 3 N–H and O–H groups in total. The van der Waals surface area contributed by atoms with Gasteiger partial charge in [0.05, 0.1) is 7.11 Å². The second-order valence-electron chi connectivity index (χ2n) is 6.39. The van der Waals surface area contributed by atoms with Gasteiger partial charge < -0.3 is 20.0 Å². The third-order valence-corrected chi connectivity index (χ3v) is 4.02. The van der Waals surface area contributed by atoms with E-state index < -0.39 is 17.3 Å². The Morgan fingerprint density at radius 1 is 1.24 bits per heavy atom. The molecular formula is C19H18FNO4. The maximum absolute atomic E-state index is 13.2. The molecule has 0 unspecified atom stereocenters. The molecule has 3 aromatic rings. The van der Waals surface area contributed by atoms with Gasteiger partial charge in [0.25, 0.3) is 0 Å². The molecule has 0 bridgehead atoms. The minimum absolute atomic E-state index is 0.00119. The van der Waals surface area contributed by atoms with E-state index in [1.807, 2.05) is 13.8 Å². The number of carboxylic acids is 1. The van der Waals surface area contributed by atoms with Crippen molar-refractivity contribution in [3.05, 3.63) is 53.3 Å². The molecule has 0 spiro atoms. The SMILES string of the molecule is COc1cc2c(C(=O)O)c(-c3ccc(F)cc3)oc2cc1C(C)(C)N. The van der Waals surface area contributed by atoms with Crippen molar-refractivity contribution in [1.29, 1.82) is 0 Å². The Bertz CT molecular complexity index is 952. The minimum atomic E-state index is -1.14. The topological polar surface area (TPSA) is 85.7 Å². The van der Waals surface area contributed by atoms with Gasteiger partial charge in [-0.2, -0.15) is 0 Å². The summed E-state index contributed by atoms with van der Waals surface area (Å²) in [6, 6.07) is 8.76. The number of carboxylic acid groups (broad SMARTS) is 1. The van der Waals surface area contributed by atoms with Gasteiger partial charge >= 0.3 is 5.97 Å². The summed E-state index contributed by atoms with van der Waals surface area (Å²) in [5.74, 6) is -0.907. The van der Waals surface area contributed by atoms with Crippen LogP contribution in [0.25, 0.3) is 22.3 Å². The van der Waals surface area contributed by atoms with Crippen molar-refractivity contribution in [1.82, 2.24) is 0 Å². The van der Waals surface area contributed by atoms with Crippen LogP contribution in [0.3, 0.4) is 0 Å². The standard InChI is InChI=1S/C19H18FNO4/c1-19(2,21)13-9-14-12(8-15(13)24-3)16(18(22)23)17(25-14)10-4-6-11(20)7-5-10/h4-9H,21H2,1-3H3,(H,22,23). The number of aromatic carboxylic acids is 1. The largest absolute Gasteiger partial charge is 0.496 e. The summed E-state index contributed by atoms with van der Waals surface area (Å²) in [5.41, 5.74) is 7.02. The summed E-state index contributed by atoms with van der Waals surface area (Å²) in [5, 5.41) is 10.1. The Labute approximate surface area is 143 Å². The third kappa shape index (κ3) is 2.96. The fraction of sp³-hybridized carbons (Fsp3) is 0.211. The lowest BCUT2D eigenvalue weighted by Crippen LogP contribution is -2.29. The molecule has 1 aromatic heterocycles. The van der Waals surface area contributed by atoms with Crippen LogP contribution >= 0.6 is 0 Å².